The zero-order chi connectivity index (χ0) is 15.4. The number of benzene rings is 1. The van der Waals surface area contributed by atoms with Crippen molar-refractivity contribution < 1.29 is 14.7 Å². The molecule has 0 aromatic heterocycles. The molecule has 0 bridgehead atoms. The van der Waals surface area contributed by atoms with Gasteiger partial charge in [-0.25, -0.2) is 0 Å². The Kier molecular flexibility index (Phi) is 4.96. The van der Waals surface area contributed by atoms with Gasteiger partial charge in [0.25, 0.3) is 5.91 Å². The number of carbonyl (C=O) groups excluding carboxylic acids is 1. The van der Waals surface area contributed by atoms with Gasteiger partial charge in [-0.2, -0.15) is 0 Å². The van der Waals surface area contributed by atoms with Gasteiger partial charge in [0.1, 0.15) is 0 Å². The van der Waals surface area contributed by atoms with E-state index in [0.717, 1.165) is 29.7 Å². The Hall–Kier alpha value is -1.88. The van der Waals surface area contributed by atoms with Gasteiger partial charge in [0.05, 0.1) is 6.54 Å². The number of amides is 1. The molecule has 1 aliphatic rings. The molecule has 1 aromatic carbocycles. The summed E-state index contributed by atoms with van der Waals surface area (Å²) in [5.41, 5.74) is 2.89. The molecule has 1 heterocycles. The highest BCUT2D eigenvalue weighted by Crippen LogP contribution is 2.13. The summed E-state index contributed by atoms with van der Waals surface area (Å²) < 4.78 is 0. The highest BCUT2D eigenvalue weighted by Gasteiger charge is 2.21. The summed E-state index contributed by atoms with van der Waals surface area (Å²) in [6.45, 7) is 6.62. The molecular formula is C16H22N2O3. The van der Waals surface area contributed by atoms with Crippen LogP contribution in [0.5, 0.6) is 0 Å². The van der Waals surface area contributed by atoms with E-state index in [1.807, 2.05) is 41.8 Å². The zero-order valence-corrected chi connectivity index (χ0v) is 12.6. The van der Waals surface area contributed by atoms with E-state index in [1.54, 1.807) is 0 Å². The van der Waals surface area contributed by atoms with Crippen LogP contribution >= 0.6 is 0 Å². The van der Waals surface area contributed by atoms with Crippen LogP contribution < -0.4 is 0 Å². The molecule has 1 saturated heterocycles. The second kappa shape index (κ2) is 6.72. The van der Waals surface area contributed by atoms with E-state index < -0.39 is 5.97 Å². The van der Waals surface area contributed by atoms with E-state index in [-0.39, 0.29) is 12.5 Å². The number of hydrogen-bond acceptors (Lipinski definition) is 3. The van der Waals surface area contributed by atoms with Crippen LogP contribution in [-0.2, 0) is 4.79 Å². The quantitative estimate of drug-likeness (QED) is 0.917. The van der Waals surface area contributed by atoms with Gasteiger partial charge in [0.2, 0.25) is 0 Å². The maximum Gasteiger partial charge on any atom is 0.317 e. The summed E-state index contributed by atoms with van der Waals surface area (Å²) in [5, 5.41) is 8.85. The summed E-state index contributed by atoms with van der Waals surface area (Å²) in [7, 11) is 0. The van der Waals surface area contributed by atoms with Crippen LogP contribution in [0.2, 0.25) is 0 Å². The molecule has 5 nitrogen and oxygen atoms in total. The molecule has 0 atom stereocenters. The van der Waals surface area contributed by atoms with Crippen molar-refractivity contribution in [3.63, 3.8) is 0 Å². The Morgan fingerprint density at radius 3 is 2.33 bits per heavy atom. The molecule has 1 aliphatic heterocycles. The predicted molar refractivity (Wildman–Crippen MR) is 80.5 cm³/mol. The fourth-order valence-corrected chi connectivity index (χ4v) is 2.80. The number of rotatable bonds is 3. The van der Waals surface area contributed by atoms with E-state index in [0.29, 0.717) is 19.6 Å². The van der Waals surface area contributed by atoms with Crippen molar-refractivity contribution in [1.29, 1.82) is 0 Å². The Morgan fingerprint density at radius 1 is 1.05 bits per heavy atom. The lowest BCUT2D eigenvalue weighted by atomic mass is 10.1. The van der Waals surface area contributed by atoms with E-state index in [4.69, 9.17) is 5.11 Å². The van der Waals surface area contributed by atoms with Gasteiger partial charge < -0.3 is 10.0 Å². The summed E-state index contributed by atoms with van der Waals surface area (Å²) in [6.07, 6.45) is 0.809. The second-order valence-electron chi connectivity index (χ2n) is 5.69. The number of aryl methyl sites for hydroxylation is 2. The van der Waals surface area contributed by atoms with Crippen LogP contribution in [0.3, 0.4) is 0 Å². The first kappa shape index (κ1) is 15.5. The molecule has 1 aromatic rings. The lowest BCUT2D eigenvalue weighted by Gasteiger charge is -2.21. The zero-order valence-electron chi connectivity index (χ0n) is 12.6. The lowest BCUT2D eigenvalue weighted by Crippen LogP contribution is -2.36. The molecule has 0 unspecified atom stereocenters. The highest BCUT2D eigenvalue weighted by molar-refractivity contribution is 5.94. The number of hydrogen-bond donors (Lipinski definition) is 1. The Balaban J connectivity index is 2.04. The largest absolute Gasteiger partial charge is 0.480 e. The van der Waals surface area contributed by atoms with Crippen molar-refractivity contribution in [3.8, 4) is 0 Å². The Bertz CT molecular complexity index is 522. The van der Waals surface area contributed by atoms with E-state index >= 15 is 0 Å². The van der Waals surface area contributed by atoms with Crippen LogP contribution in [0.4, 0.5) is 0 Å². The monoisotopic (exact) mass is 290 g/mol. The third-order valence-corrected chi connectivity index (χ3v) is 3.70. The van der Waals surface area contributed by atoms with Crippen molar-refractivity contribution in [3.05, 3.63) is 34.9 Å². The fourth-order valence-electron chi connectivity index (χ4n) is 2.80. The molecule has 0 spiro atoms. The van der Waals surface area contributed by atoms with Gasteiger partial charge in [-0.05, 0) is 32.4 Å². The predicted octanol–water partition coefficient (Wildman–Crippen LogP) is 1.54. The molecular weight excluding hydrogens is 268 g/mol. The number of carbonyl (C=O) groups is 2. The first-order valence-electron chi connectivity index (χ1n) is 7.27. The summed E-state index contributed by atoms with van der Waals surface area (Å²) in [6, 6.07) is 5.87. The standard InChI is InChI=1S/C16H22N2O3/c1-12-8-13(2)10-14(9-12)16(21)18-5-3-4-17(6-7-18)11-15(19)20/h8-10H,3-7,11H2,1-2H3,(H,19,20). The van der Waals surface area contributed by atoms with Gasteiger partial charge in [-0.15, -0.1) is 0 Å². The van der Waals surface area contributed by atoms with Crippen molar-refractivity contribution in [2.45, 2.75) is 20.3 Å². The molecule has 21 heavy (non-hydrogen) atoms. The van der Waals surface area contributed by atoms with Crippen molar-refractivity contribution >= 4 is 11.9 Å². The van der Waals surface area contributed by atoms with Gasteiger partial charge in [-0.1, -0.05) is 17.2 Å². The molecule has 2 rings (SSSR count). The maximum atomic E-state index is 12.6. The van der Waals surface area contributed by atoms with E-state index in [9.17, 15) is 9.59 Å². The Labute approximate surface area is 125 Å². The maximum absolute atomic E-state index is 12.6. The summed E-state index contributed by atoms with van der Waals surface area (Å²) in [5.74, 6) is -0.775. The first-order chi connectivity index (χ1) is 9.95. The molecule has 0 aliphatic carbocycles. The van der Waals surface area contributed by atoms with Gasteiger partial charge in [-0.3, -0.25) is 14.5 Å². The SMILES string of the molecule is Cc1cc(C)cc(C(=O)N2CCCN(CC(=O)O)CC2)c1. The third-order valence-electron chi connectivity index (χ3n) is 3.70. The van der Waals surface area contributed by atoms with Gasteiger partial charge in [0, 0.05) is 31.7 Å². The lowest BCUT2D eigenvalue weighted by molar-refractivity contribution is -0.138. The average molecular weight is 290 g/mol. The van der Waals surface area contributed by atoms with Crippen molar-refractivity contribution in [2.75, 3.05) is 32.7 Å². The number of nitrogens with zero attached hydrogens (tertiary/aromatic N) is 2. The molecule has 114 valence electrons. The van der Waals surface area contributed by atoms with Gasteiger partial charge in [0.15, 0.2) is 0 Å². The molecule has 0 saturated carbocycles. The minimum absolute atomic E-state index is 0.0407. The van der Waals surface area contributed by atoms with Crippen LogP contribution in [0.15, 0.2) is 18.2 Å². The summed E-state index contributed by atoms with van der Waals surface area (Å²) in [4.78, 5) is 27.1. The fraction of sp³-hybridized carbons (Fsp3) is 0.500. The normalized spacial score (nSPS) is 16.6. The molecule has 1 fully saturated rings. The number of aliphatic carboxylic acids is 1. The molecule has 1 N–H and O–H groups in total. The minimum Gasteiger partial charge on any atom is -0.480 e. The second-order valence-corrected chi connectivity index (χ2v) is 5.69. The highest BCUT2D eigenvalue weighted by atomic mass is 16.4. The number of carboxylic acid groups (broad SMARTS) is 1. The van der Waals surface area contributed by atoms with Crippen molar-refractivity contribution in [2.24, 2.45) is 0 Å². The third kappa shape index (κ3) is 4.29. The average Bonchev–Trinajstić information content (AvgIpc) is 2.61. The van der Waals surface area contributed by atoms with Crippen LogP contribution in [-0.4, -0.2) is 59.5 Å². The van der Waals surface area contributed by atoms with E-state index in [1.165, 1.54) is 0 Å². The number of carboxylic acids is 1. The summed E-state index contributed by atoms with van der Waals surface area (Å²) >= 11 is 0. The van der Waals surface area contributed by atoms with Crippen molar-refractivity contribution in [1.82, 2.24) is 9.80 Å². The van der Waals surface area contributed by atoms with Crippen LogP contribution in [0.1, 0.15) is 27.9 Å². The van der Waals surface area contributed by atoms with E-state index in [2.05, 4.69) is 0 Å². The smallest absolute Gasteiger partial charge is 0.317 e. The Morgan fingerprint density at radius 2 is 1.71 bits per heavy atom. The van der Waals surface area contributed by atoms with Crippen LogP contribution in [0, 0.1) is 13.8 Å². The molecule has 1 amide bonds. The first-order valence-corrected chi connectivity index (χ1v) is 7.27. The minimum atomic E-state index is -0.816. The topological polar surface area (TPSA) is 60.9 Å². The van der Waals surface area contributed by atoms with Crippen LogP contribution in [0.25, 0.3) is 0 Å². The van der Waals surface area contributed by atoms with Gasteiger partial charge >= 0.3 is 5.97 Å². The molecule has 5 heteroatoms. The molecule has 0 radical (unpaired) electrons.